The molecule has 6 nitrogen and oxygen atoms in total. The third-order valence-corrected chi connectivity index (χ3v) is 3.52. The van der Waals surface area contributed by atoms with Crippen molar-refractivity contribution in [2.24, 2.45) is 0 Å². The number of hydrogen-bond donors (Lipinski definition) is 1. The summed E-state index contributed by atoms with van der Waals surface area (Å²) in [7, 11) is 1.53. The highest BCUT2D eigenvalue weighted by atomic mass is 16.5. The molecule has 6 heteroatoms. The van der Waals surface area contributed by atoms with Crippen LogP contribution in [0.1, 0.15) is 18.5 Å². The summed E-state index contributed by atoms with van der Waals surface area (Å²) in [5.41, 5.74) is 0.829. The first kappa shape index (κ1) is 14.5. The highest BCUT2D eigenvalue weighted by Gasteiger charge is 2.39. The summed E-state index contributed by atoms with van der Waals surface area (Å²) in [5, 5.41) is 9.17. The number of amides is 1. The molecule has 1 fully saturated rings. The van der Waals surface area contributed by atoms with Gasteiger partial charge in [-0.15, -0.1) is 0 Å². The first-order chi connectivity index (χ1) is 9.61. The van der Waals surface area contributed by atoms with E-state index in [1.807, 2.05) is 18.2 Å². The van der Waals surface area contributed by atoms with Crippen LogP contribution in [-0.4, -0.2) is 52.7 Å². The van der Waals surface area contributed by atoms with E-state index in [0.717, 1.165) is 5.69 Å². The van der Waals surface area contributed by atoms with E-state index in [9.17, 15) is 9.59 Å². The number of aliphatic carboxylic acids is 1. The van der Waals surface area contributed by atoms with Crippen LogP contribution in [0.15, 0.2) is 24.4 Å². The first-order valence-corrected chi connectivity index (χ1v) is 6.56. The molecule has 0 aromatic carbocycles. The first-order valence-electron chi connectivity index (χ1n) is 6.56. The lowest BCUT2D eigenvalue weighted by Crippen LogP contribution is -2.40. The molecule has 1 aliphatic rings. The maximum atomic E-state index is 12.2. The number of likely N-dealkylation sites (tertiary alicyclic amines) is 1. The molecule has 1 N–H and O–H groups in total. The minimum absolute atomic E-state index is 0.164. The van der Waals surface area contributed by atoms with Gasteiger partial charge in [-0.1, -0.05) is 6.07 Å². The molecule has 20 heavy (non-hydrogen) atoms. The normalized spacial score (nSPS) is 21.9. The number of carboxylic acids is 1. The standard InChI is InChI=1S/C14H18N2O4/c1-20-11-8-12(14(18)19)16(9-11)13(17)6-5-10-4-2-3-7-15-10/h2-4,7,11-12H,5-6,8-9H2,1H3,(H,18,19). The van der Waals surface area contributed by atoms with E-state index in [1.165, 1.54) is 12.0 Å². The van der Waals surface area contributed by atoms with E-state index >= 15 is 0 Å². The predicted octanol–water partition coefficient (Wildman–Crippen LogP) is 0.715. The van der Waals surface area contributed by atoms with E-state index in [1.54, 1.807) is 6.20 Å². The highest BCUT2D eigenvalue weighted by Crippen LogP contribution is 2.21. The molecule has 1 aromatic rings. The summed E-state index contributed by atoms with van der Waals surface area (Å²) < 4.78 is 5.17. The average molecular weight is 278 g/mol. The number of carboxylic acid groups (broad SMARTS) is 1. The molecular formula is C14H18N2O4. The Kier molecular flexibility index (Phi) is 4.68. The van der Waals surface area contributed by atoms with Crippen molar-refractivity contribution in [3.63, 3.8) is 0 Å². The van der Waals surface area contributed by atoms with Gasteiger partial charge in [0.2, 0.25) is 5.91 Å². The maximum Gasteiger partial charge on any atom is 0.326 e. The zero-order valence-corrected chi connectivity index (χ0v) is 11.4. The highest BCUT2D eigenvalue weighted by molar-refractivity contribution is 5.84. The predicted molar refractivity (Wildman–Crippen MR) is 71.1 cm³/mol. The lowest BCUT2D eigenvalue weighted by atomic mass is 10.1. The lowest BCUT2D eigenvalue weighted by molar-refractivity contribution is -0.148. The largest absolute Gasteiger partial charge is 0.480 e. The van der Waals surface area contributed by atoms with E-state index in [0.29, 0.717) is 19.4 Å². The van der Waals surface area contributed by atoms with Crippen LogP contribution in [-0.2, 0) is 20.7 Å². The number of pyridine rings is 1. The molecule has 1 aromatic heterocycles. The van der Waals surface area contributed by atoms with Crippen molar-refractivity contribution in [3.05, 3.63) is 30.1 Å². The second kappa shape index (κ2) is 6.47. The molecule has 2 atom stereocenters. The van der Waals surface area contributed by atoms with E-state index < -0.39 is 12.0 Å². The number of carbonyl (C=O) groups excluding carboxylic acids is 1. The quantitative estimate of drug-likeness (QED) is 0.858. The molecule has 0 spiro atoms. The molecule has 0 saturated carbocycles. The second-order valence-electron chi connectivity index (χ2n) is 4.81. The zero-order valence-electron chi connectivity index (χ0n) is 11.4. The van der Waals surface area contributed by atoms with Crippen molar-refractivity contribution in [3.8, 4) is 0 Å². The van der Waals surface area contributed by atoms with Gasteiger partial charge in [0.15, 0.2) is 0 Å². The number of carbonyl (C=O) groups is 2. The zero-order chi connectivity index (χ0) is 14.5. The van der Waals surface area contributed by atoms with Gasteiger partial charge in [-0.05, 0) is 18.6 Å². The summed E-state index contributed by atoms with van der Waals surface area (Å²) >= 11 is 0. The number of rotatable bonds is 5. The molecule has 108 valence electrons. The fourth-order valence-electron chi connectivity index (χ4n) is 2.40. The van der Waals surface area contributed by atoms with Gasteiger partial charge >= 0.3 is 5.97 Å². The summed E-state index contributed by atoms with van der Waals surface area (Å²) in [6.07, 6.45) is 2.60. The molecule has 1 saturated heterocycles. The van der Waals surface area contributed by atoms with Crippen molar-refractivity contribution >= 4 is 11.9 Å². The molecule has 2 rings (SSSR count). The fourth-order valence-corrected chi connectivity index (χ4v) is 2.40. The lowest BCUT2D eigenvalue weighted by Gasteiger charge is -2.21. The molecule has 0 radical (unpaired) electrons. The van der Waals surface area contributed by atoms with Crippen LogP contribution in [0.5, 0.6) is 0 Å². The number of hydrogen-bond acceptors (Lipinski definition) is 4. The molecule has 2 heterocycles. The third kappa shape index (κ3) is 3.33. The fraction of sp³-hybridized carbons (Fsp3) is 0.500. The van der Waals surface area contributed by atoms with Crippen molar-refractivity contribution in [2.75, 3.05) is 13.7 Å². The second-order valence-corrected chi connectivity index (χ2v) is 4.81. The Morgan fingerprint density at radius 3 is 2.90 bits per heavy atom. The Morgan fingerprint density at radius 2 is 2.30 bits per heavy atom. The summed E-state index contributed by atoms with van der Waals surface area (Å²) in [5.74, 6) is -1.14. The van der Waals surface area contributed by atoms with Gasteiger partial charge in [-0.3, -0.25) is 9.78 Å². The minimum Gasteiger partial charge on any atom is -0.480 e. The maximum absolute atomic E-state index is 12.2. The molecule has 0 aliphatic carbocycles. The van der Waals surface area contributed by atoms with Gasteiger partial charge in [0.25, 0.3) is 0 Å². The molecule has 1 aliphatic heterocycles. The van der Waals surface area contributed by atoms with Crippen molar-refractivity contribution in [1.82, 2.24) is 9.88 Å². The third-order valence-electron chi connectivity index (χ3n) is 3.52. The van der Waals surface area contributed by atoms with Crippen LogP contribution in [0.4, 0.5) is 0 Å². The van der Waals surface area contributed by atoms with E-state index in [-0.39, 0.29) is 18.4 Å². The number of aryl methyl sites for hydroxylation is 1. The van der Waals surface area contributed by atoms with Crippen molar-refractivity contribution < 1.29 is 19.4 Å². The molecule has 0 bridgehead atoms. The summed E-state index contributed by atoms with van der Waals surface area (Å²) in [6, 6.07) is 4.75. The van der Waals surface area contributed by atoms with Gasteiger partial charge in [-0.2, -0.15) is 0 Å². The Morgan fingerprint density at radius 1 is 1.50 bits per heavy atom. The summed E-state index contributed by atoms with van der Waals surface area (Å²) in [4.78, 5) is 28.9. The SMILES string of the molecule is COC1CC(C(=O)O)N(C(=O)CCc2ccccn2)C1. The van der Waals surface area contributed by atoms with Crippen LogP contribution in [0.25, 0.3) is 0 Å². The minimum atomic E-state index is -0.976. The monoisotopic (exact) mass is 278 g/mol. The van der Waals surface area contributed by atoms with E-state index in [4.69, 9.17) is 9.84 Å². The smallest absolute Gasteiger partial charge is 0.326 e. The number of nitrogens with zero attached hydrogens (tertiary/aromatic N) is 2. The Bertz CT molecular complexity index is 477. The van der Waals surface area contributed by atoms with E-state index in [2.05, 4.69) is 4.98 Å². The van der Waals surface area contributed by atoms with Gasteiger partial charge in [0.05, 0.1) is 6.10 Å². The number of aromatic nitrogens is 1. The topological polar surface area (TPSA) is 79.7 Å². The summed E-state index contributed by atoms with van der Waals surface area (Å²) in [6.45, 7) is 0.342. The molecule has 2 unspecified atom stereocenters. The van der Waals surface area contributed by atoms with Crippen LogP contribution in [0.2, 0.25) is 0 Å². The molecule has 1 amide bonds. The Hall–Kier alpha value is -1.95. The molecular weight excluding hydrogens is 260 g/mol. The van der Waals surface area contributed by atoms with Gasteiger partial charge < -0.3 is 14.7 Å². The van der Waals surface area contributed by atoms with Crippen LogP contribution < -0.4 is 0 Å². The van der Waals surface area contributed by atoms with Crippen LogP contribution in [0.3, 0.4) is 0 Å². The van der Waals surface area contributed by atoms with Crippen LogP contribution in [0, 0.1) is 0 Å². The Labute approximate surface area is 117 Å². The van der Waals surface area contributed by atoms with Crippen molar-refractivity contribution in [2.45, 2.75) is 31.4 Å². The number of ether oxygens (including phenoxy) is 1. The number of methoxy groups -OCH3 is 1. The van der Waals surface area contributed by atoms with Crippen LogP contribution >= 0.6 is 0 Å². The van der Waals surface area contributed by atoms with Gasteiger partial charge in [0, 0.05) is 38.4 Å². The van der Waals surface area contributed by atoms with Gasteiger partial charge in [0.1, 0.15) is 6.04 Å². The Balaban J connectivity index is 1.95. The van der Waals surface area contributed by atoms with Gasteiger partial charge in [-0.25, -0.2) is 4.79 Å². The van der Waals surface area contributed by atoms with Crippen molar-refractivity contribution in [1.29, 1.82) is 0 Å². The average Bonchev–Trinajstić information content (AvgIpc) is 2.90.